The summed E-state index contributed by atoms with van der Waals surface area (Å²) in [4.78, 5) is 28.0. The third-order valence-corrected chi connectivity index (χ3v) is 3.84. The summed E-state index contributed by atoms with van der Waals surface area (Å²) in [6.45, 7) is 5.50. The standard InChI is InChI=1S/C16H21N5O/c1-2-5-13-12-15(22)19-16(18-13)21-10-8-20(9-11-21)14-6-3-4-7-17-14/h3-4,6-7,12H,2,5,8-11H2,1H3,(H,18,19,22). The van der Waals surface area contributed by atoms with Crippen molar-refractivity contribution in [1.29, 1.82) is 0 Å². The van der Waals surface area contributed by atoms with Gasteiger partial charge in [-0.15, -0.1) is 0 Å². The van der Waals surface area contributed by atoms with Gasteiger partial charge in [0.15, 0.2) is 0 Å². The summed E-state index contributed by atoms with van der Waals surface area (Å²) < 4.78 is 0. The number of H-pyrrole nitrogens is 1. The second-order valence-electron chi connectivity index (χ2n) is 5.47. The van der Waals surface area contributed by atoms with Crippen molar-refractivity contribution < 1.29 is 0 Å². The number of pyridine rings is 1. The highest BCUT2D eigenvalue weighted by Crippen LogP contribution is 2.15. The van der Waals surface area contributed by atoms with Gasteiger partial charge < -0.3 is 9.80 Å². The van der Waals surface area contributed by atoms with Crippen LogP contribution in [0.1, 0.15) is 19.0 Å². The van der Waals surface area contributed by atoms with Gasteiger partial charge in [0, 0.05) is 44.1 Å². The van der Waals surface area contributed by atoms with E-state index in [0.717, 1.165) is 50.5 Å². The second-order valence-corrected chi connectivity index (χ2v) is 5.47. The number of hydrogen-bond donors (Lipinski definition) is 1. The first-order valence-electron chi connectivity index (χ1n) is 7.77. The minimum absolute atomic E-state index is 0.0689. The van der Waals surface area contributed by atoms with E-state index in [-0.39, 0.29) is 5.56 Å². The van der Waals surface area contributed by atoms with E-state index < -0.39 is 0 Å². The number of piperazine rings is 1. The molecule has 0 aliphatic carbocycles. The predicted molar refractivity (Wildman–Crippen MR) is 87.5 cm³/mol. The zero-order chi connectivity index (χ0) is 15.4. The van der Waals surface area contributed by atoms with E-state index in [9.17, 15) is 4.79 Å². The van der Waals surface area contributed by atoms with Crippen molar-refractivity contribution in [2.45, 2.75) is 19.8 Å². The average Bonchev–Trinajstić information content (AvgIpc) is 2.56. The molecule has 116 valence electrons. The normalized spacial score (nSPS) is 15.1. The first-order valence-corrected chi connectivity index (χ1v) is 7.77. The summed E-state index contributed by atoms with van der Waals surface area (Å²) in [5, 5.41) is 0. The summed E-state index contributed by atoms with van der Waals surface area (Å²) >= 11 is 0. The molecule has 0 saturated carbocycles. The molecule has 1 aliphatic rings. The molecule has 3 rings (SSSR count). The molecular weight excluding hydrogens is 278 g/mol. The lowest BCUT2D eigenvalue weighted by Gasteiger charge is -2.35. The molecule has 0 atom stereocenters. The average molecular weight is 299 g/mol. The number of nitrogens with one attached hydrogen (secondary N) is 1. The molecule has 1 fully saturated rings. The molecule has 0 spiro atoms. The van der Waals surface area contributed by atoms with Crippen LogP contribution in [-0.4, -0.2) is 41.1 Å². The quantitative estimate of drug-likeness (QED) is 0.925. The Balaban J connectivity index is 1.70. The van der Waals surface area contributed by atoms with Crippen molar-refractivity contribution >= 4 is 11.8 Å². The minimum Gasteiger partial charge on any atom is -0.353 e. The lowest BCUT2D eigenvalue weighted by Crippen LogP contribution is -2.47. The van der Waals surface area contributed by atoms with Crippen LogP contribution in [0.3, 0.4) is 0 Å². The smallest absolute Gasteiger partial charge is 0.252 e. The first-order chi connectivity index (χ1) is 10.8. The maximum atomic E-state index is 11.8. The molecule has 6 heteroatoms. The summed E-state index contributed by atoms with van der Waals surface area (Å²) in [5.41, 5.74) is 0.800. The second kappa shape index (κ2) is 6.60. The van der Waals surface area contributed by atoms with E-state index >= 15 is 0 Å². The Morgan fingerprint density at radius 2 is 1.95 bits per heavy atom. The number of aryl methyl sites for hydroxylation is 1. The number of anilines is 2. The Kier molecular flexibility index (Phi) is 4.37. The molecule has 2 aromatic heterocycles. The highest BCUT2D eigenvalue weighted by Gasteiger charge is 2.19. The van der Waals surface area contributed by atoms with Gasteiger partial charge in [-0.05, 0) is 18.6 Å². The fourth-order valence-electron chi connectivity index (χ4n) is 2.72. The highest BCUT2D eigenvalue weighted by molar-refractivity contribution is 5.42. The van der Waals surface area contributed by atoms with E-state index in [0.29, 0.717) is 5.95 Å². The van der Waals surface area contributed by atoms with Crippen molar-refractivity contribution in [2.75, 3.05) is 36.0 Å². The summed E-state index contributed by atoms with van der Waals surface area (Å²) in [6, 6.07) is 7.55. The fraction of sp³-hybridized carbons (Fsp3) is 0.438. The van der Waals surface area contributed by atoms with E-state index in [1.807, 2.05) is 24.4 Å². The number of aromatic amines is 1. The van der Waals surface area contributed by atoms with Crippen LogP contribution in [0, 0.1) is 0 Å². The van der Waals surface area contributed by atoms with Gasteiger partial charge in [0.05, 0.1) is 0 Å². The number of rotatable bonds is 4. The Labute approximate surface area is 129 Å². The molecule has 3 heterocycles. The summed E-state index contributed by atoms with van der Waals surface area (Å²) in [5.74, 6) is 1.69. The molecule has 1 saturated heterocycles. The van der Waals surface area contributed by atoms with Crippen LogP contribution in [0.4, 0.5) is 11.8 Å². The number of nitrogens with zero attached hydrogens (tertiary/aromatic N) is 4. The van der Waals surface area contributed by atoms with E-state index in [1.54, 1.807) is 6.07 Å². The molecule has 1 N–H and O–H groups in total. The largest absolute Gasteiger partial charge is 0.353 e. The third kappa shape index (κ3) is 3.27. The lowest BCUT2D eigenvalue weighted by atomic mass is 10.2. The number of hydrogen-bond acceptors (Lipinski definition) is 5. The van der Waals surface area contributed by atoms with Crippen molar-refractivity contribution in [3.63, 3.8) is 0 Å². The van der Waals surface area contributed by atoms with Gasteiger partial charge >= 0.3 is 0 Å². The SMILES string of the molecule is CCCc1cc(=O)[nH]c(N2CCN(c3ccccn3)CC2)n1. The Bertz CT molecular complexity index is 662. The van der Waals surface area contributed by atoms with Gasteiger partial charge in [0.25, 0.3) is 5.56 Å². The van der Waals surface area contributed by atoms with Crippen LogP contribution in [0.2, 0.25) is 0 Å². The molecular formula is C16H21N5O. The van der Waals surface area contributed by atoms with Crippen molar-refractivity contribution in [1.82, 2.24) is 15.0 Å². The van der Waals surface area contributed by atoms with Crippen LogP contribution in [0.5, 0.6) is 0 Å². The number of aromatic nitrogens is 3. The maximum Gasteiger partial charge on any atom is 0.252 e. The molecule has 0 bridgehead atoms. The summed E-state index contributed by atoms with van der Waals surface area (Å²) in [6.07, 6.45) is 3.64. The van der Waals surface area contributed by atoms with Crippen LogP contribution < -0.4 is 15.4 Å². The molecule has 0 radical (unpaired) electrons. The molecule has 2 aromatic rings. The third-order valence-electron chi connectivity index (χ3n) is 3.84. The predicted octanol–water partition coefficient (Wildman–Crippen LogP) is 1.44. The van der Waals surface area contributed by atoms with Crippen LogP contribution in [-0.2, 0) is 6.42 Å². The molecule has 6 nitrogen and oxygen atoms in total. The molecule has 1 aliphatic heterocycles. The Hall–Kier alpha value is -2.37. The van der Waals surface area contributed by atoms with Gasteiger partial charge in [-0.3, -0.25) is 9.78 Å². The monoisotopic (exact) mass is 299 g/mol. The molecule has 0 aromatic carbocycles. The minimum atomic E-state index is -0.0689. The van der Waals surface area contributed by atoms with Gasteiger partial charge in [0.1, 0.15) is 5.82 Å². The highest BCUT2D eigenvalue weighted by atomic mass is 16.1. The summed E-state index contributed by atoms with van der Waals surface area (Å²) in [7, 11) is 0. The zero-order valence-electron chi connectivity index (χ0n) is 12.8. The molecule has 0 amide bonds. The van der Waals surface area contributed by atoms with Crippen LogP contribution in [0.25, 0.3) is 0 Å². The van der Waals surface area contributed by atoms with Gasteiger partial charge in [0.2, 0.25) is 5.95 Å². The van der Waals surface area contributed by atoms with Gasteiger partial charge in [-0.25, -0.2) is 9.97 Å². The van der Waals surface area contributed by atoms with E-state index in [2.05, 4.69) is 31.7 Å². The van der Waals surface area contributed by atoms with Gasteiger partial charge in [-0.1, -0.05) is 19.4 Å². The molecule has 22 heavy (non-hydrogen) atoms. The maximum absolute atomic E-state index is 11.8. The lowest BCUT2D eigenvalue weighted by molar-refractivity contribution is 0.631. The first kappa shape index (κ1) is 14.6. The van der Waals surface area contributed by atoms with Crippen LogP contribution >= 0.6 is 0 Å². The molecule has 0 unspecified atom stereocenters. The fourth-order valence-corrected chi connectivity index (χ4v) is 2.72. The Morgan fingerprint density at radius 1 is 1.18 bits per heavy atom. The van der Waals surface area contributed by atoms with Crippen molar-refractivity contribution in [3.8, 4) is 0 Å². The van der Waals surface area contributed by atoms with Gasteiger partial charge in [-0.2, -0.15) is 0 Å². The van der Waals surface area contributed by atoms with Crippen LogP contribution in [0.15, 0.2) is 35.3 Å². The zero-order valence-corrected chi connectivity index (χ0v) is 12.8. The topological polar surface area (TPSA) is 65.1 Å². The van der Waals surface area contributed by atoms with E-state index in [4.69, 9.17) is 0 Å². The van der Waals surface area contributed by atoms with Crippen molar-refractivity contribution in [2.24, 2.45) is 0 Å². The Morgan fingerprint density at radius 3 is 2.64 bits per heavy atom. The van der Waals surface area contributed by atoms with E-state index in [1.165, 1.54) is 0 Å². The van der Waals surface area contributed by atoms with Crippen molar-refractivity contribution in [3.05, 3.63) is 46.5 Å².